The Morgan fingerprint density at radius 2 is 1.94 bits per heavy atom. The molecule has 17 heavy (non-hydrogen) atoms. The van der Waals surface area contributed by atoms with Crippen molar-refractivity contribution in [2.75, 3.05) is 0 Å². The van der Waals surface area contributed by atoms with Crippen LogP contribution in [0.2, 0.25) is 5.15 Å². The molecule has 0 saturated carbocycles. The van der Waals surface area contributed by atoms with E-state index in [0.29, 0.717) is 5.15 Å². The molecule has 0 saturated heterocycles. The minimum absolute atomic E-state index is 0.472. The summed E-state index contributed by atoms with van der Waals surface area (Å²) >= 11 is 5.87. The minimum Gasteiger partial charge on any atom is -0.454 e. The minimum atomic E-state index is 0.472. The Labute approximate surface area is 104 Å². The van der Waals surface area contributed by atoms with Gasteiger partial charge < -0.3 is 4.42 Å². The zero-order chi connectivity index (χ0) is 11.8. The molecule has 2 heterocycles. The molecule has 0 bridgehead atoms. The molecule has 0 aliphatic rings. The average Bonchev–Trinajstić information content (AvgIpc) is 2.74. The van der Waals surface area contributed by atoms with Crippen LogP contribution in [0, 0.1) is 6.92 Å². The molecule has 2 nitrogen and oxygen atoms in total. The van der Waals surface area contributed by atoms with Gasteiger partial charge in [-0.15, -0.1) is 0 Å². The van der Waals surface area contributed by atoms with Crippen LogP contribution in [-0.2, 0) is 0 Å². The predicted octanol–water partition coefficient (Wildman–Crippen LogP) is 4.46. The summed E-state index contributed by atoms with van der Waals surface area (Å²) in [6, 6.07) is 13.6. The summed E-state index contributed by atoms with van der Waals surface area (Å²) in [7, 11) is 0. The first-order valence-corrected chi connectivity index (χ1v) is 5.74. The van der Waals surface area contributed by atoms with Crippen molar-refractivity contribution in [3.63, 3.8) is 0 Å². The third-order valence-corrected chi connectivity index (χ3v) is 2.92. The highest BCUT2D eigenvalue weighted by Crippen LogP contribution is 2.28. The predicted molar refractivity (Wildman–Crippen MR) is 69.2 cm³/mol. The van der Waals surface area contributed by atoms with Crippen LogP contribution in [0.3, 0.4) is 0 Å². The van der Waals surface area contributed by atoms with Crippen molar-refractivity contribution in [2.45, 2.75) is 6.92 Å². The molecule has 0 fully saturated rings. The number of fused-ring (bicyclic) bond motifs is 1. The Hall–Kier alpha value is -1.80. The SMILES string of the molecule is Cc1cccc2cc(-c3cccc(Cl)n3)oc12. The summed E-state index contributed by atoms with van der Waals surface area (Å²) in [4.78, 5) is 4.24. The van der Waals surface area contributed by atoms with Crippen LogP contribution in [0.25, 0.3) is 22.4 Å². The van der Waals surface area contributed by atoms with E-state index in [0.717, 1.165) is 28.0 Å². The van der Waals surface area contributed by atoms with Crippen molar-refractivity contribution in [3.05, 3.63) is 53.2 Å². The van der Waals surface area contributed by atoms with Gasteiger partial charge in [-0.25, -0.2) is 4.98 Å². The Bertz CT molecular complexity index is 688. The van der Waals surface area contributed by atoms with Gasteiger partial charge in [-0.3, -0.25) is 0 Å². The molecule has 84 valence electrons. The van der Waals surface area contributed by atoms with Gasteiger partial charge in [-0.2, -0.15) is 0 Å². The number of hydrogen-bond acceptors (Lipinski definition) is 2. The molecule has 0 unspecified atom stereocenters. The summed E-state index contributed by atoms with van der Waals surface area (Å²) < 4.78 is 5.82. The van der Waals surface area contributed by atoms with E-state index >= 15 is 0 Å². The maximum absolute atomic E-state index is 5.87. The largest absolute Gasteiger partial charge is 0.454 e. The lowest BCUT2D eigenvalue weighted by molar-refractivity contribution is 0.626. The van der Waals surface area contributed by atoms with E-state index in [1.807, 2.05) is 43.3 Å². The maximum Gasteiger partial charge on any atom is 0.153 e. The second kappa shape index (κ2) is 3.90. The number of aryl methyl sites for hydroxylation is 1. The van der Waals surface area contributed by atoms with E-state index in [9.17, 15) is 0 Å². The van der Waals surface area contributed by atoms with Crippen molar-refractivity contribution in [1.82, 2.24) is 4.98 Å². The second-order valence-corrected chi connectivity index (χ2v) is 4.34. The molecule has 0 spiro atoms. The highest BCUT2D eigenvalue weighted by molar-refractivity contribution is 6.29. The fraction of sp³-hybridized carbons (Fsp3) is 0.0714. The van der Waals surface area contributed by atoms with Gasteiger partial charge in [0.1, 0.15) is 16.4 Å². The molecule has 2 aromatic heterocycles. The standard InChI is InChI=1S/C14H10ClNO/c1-9-4-2-5-10-8-12(17-14(9)10)11-6-3-7-13(15)16-11/h2-8H,1H3. The van der Waals surface area contributed by atoms with Crippen LogP contribution >= 0.6 is 11.6 Å². The van der Waals surface area contributed by atoms with Gasteiger partial charge in [-0.05, 0) is 30.7 Å². The topological polar surface area (TPSA) is 26.0 Å². The zero-order valence-corrected chi connectivity index (χ0v) is 10.0. The van der Waals surface area contributed by atoms with Gasteiger partial charge in [0.25, 0.3) is 0 Å². The van der Waals surface area contributed by atoms with Crippen LogP contribution in [0.15, 0.2) is 46.9 Å². The van der Waals surface area contributed by atoms with Gasteiger partial charge in [0.05, 0.1) is 0 Å². The Morgan fingerprint density at radius 1 is 1.12 bits per heavy atom. The third kappa shape index (κ3) is 1.81. The number of aromatic nitrogens is 1. The van der Waals surface area contributed by atoms with Gasteiger partial charge in [0.2, 0.25) is 0 Å². The lowest BCUT2D eigenvalue weighted by atomic mass is 10.2. The lowest BCUT2D eigenvalue weighted by Gasteiger charge is -1.95. The smallest absolute Gasteiger partial charge is 0.153 e. The fourth-order valence-corrected chi connectivity index (χ4v) is 2.04. The molecule has 0 aliphatic heterocycles. The quantitative estimate of drug-likeness (QED) is 0.590. The van der Waals surface area contributed by atoms with E-state index in [2.05, 4.69) is 4.98 Å². The van der Waals surface area contributed by atoms with Crippen molar-refractivity contribution in [3.8, 4) is 11.5 Å². The van der Waals surface area contributed by atoms with Gasteiger partial charge in [-0.1, -0.05) is 35.9 Å². The van der Waals surface area contributed by atoms with E-state index in [1.165, 1.54) is 0 Å². The van der Waals surface area contributed by atoms with E-state index < -0.39 is 0 Å². The molecule has 3 heteroatoms. The summed E-state index contributed by atoms with van der Waals surface area (Å²) in [5.74, 6) is 0.747. The number of pyridine rings is 1. The first kappa shape index (κ1) is 10.4. The monoisotopic (exact) mass is 243 g/mol. The molecule has 0 atom stereocenters. The number of nitrogens with zero attached hydrogens (tertiary/aromatic N) is 1. The van der Waals surface area contributed by atoms with Gasteiger partial charge in [0.15, 0.2) is 5.76 Å². The Morgan fingerprint density at radius 3 is 2.71 bits per heavy atom. The normalized spacial score (nSPS) is 10.9. The number of benzene rings is 1. The van der Waals surface area contributed by atoms with Gasteiger partial charge >= 0.3 is 0 Å². The molecule has 0 N–H and O–H groups in total. The Balaban J connectivity index is 2.22. The maximum atomic E-state index is 5.87. The van der Waals surface area contributed by atoms with Crippen LogP contribution in [0.5, 0.6) is 0 Å². The first-order chi connectivity index (χ1) is 8.24. The zero-order valence-electron chi connectivity index (χ0n) is 9.27. The summed E-state index contributed by atoms with van der Waals surface area (Å²) in [6.07, 6.45) is 0. The van der Waals surface area contributed by atoms with Crippen molar-refractivity contribution in [1.29, 1.82) is 0 Å². The lowest BCUT2D eigenvalue weighted by Crippen LogP contribution is -1.79. The van der Waals surface area contributed by atoms with Crippen LogP contribution in [0.4, 0.5) is 0 Å². The highest BCUT2D eigenvalue weighted by Gasteiger charge is 2.08. The highest BCUT2D eigenvalue weighted by atomic mass is 35.5. The average molecular weight is 244 g/mol. The molecule has 0 radical (unpaired) electrons. The Kier molecular flexibility index (Phi) is 2.37. The van der Waals surface area contributed by atoms with Gasteiger partial charge in [0, 0.05) is 5.39 Å². The van der Waals surface area contributed by atoms with Crippen molar-refractivity contribution >= 4 is 22.6 Å². The van der Waals surface area contributed by atoms with Crippen LogP contribution < -0.4 is 0 Å². The van der Waals surface area contributed by atoms with E-state index in [-0.39, 0.29) is 0 Å². The summed E-state index contributed by atoms with van der Waals surface area (Å²) in [5.41, 5.74) is 2.79. The van der Waals surface area contributed by atoms with Crippen LogP contribution in [0.1, 0.15) is 5.56 Å². The van der Waals surface area contributed by atoms with E-state index in [4.69, 9.17) is 16.0 Å². The number of para-hydroxylation sites is 1. The van der Waals surface area contributed by atoms with Crippen molar-refractivity contribution < 1.29 is 4.42 Å². The second-order valence-electron chi connectivity index (χ2n) is 3.95. The molecule has 1 aromatic carbocycles. The number of halogens is 1. The fourth-order valence-electron chi connectivity index (χ4n) is 1.88. The molecule has 3 aromatic rings. The summed E-state index contributed by atoms with van der Waals surface area (Å²) in [6.45, 7) is 2.03. The van der Waals surface area contributed by atoms with Crippen molar-refractivity contribution in [2.24, 2.45) is 0 Å². The third-order valence-electron chi connectivity index (χ3n) is 2.71. The number of furan rings is 1. The number of rotatable bonds is 1. The number of hydrogen-bond donors (Lipinski definition) is 0. The molecular weight excluding hydrogens is 234 g/mol. The van der Waals surface area contributed by atoms with E-state index in [1.54, 1.807) is 6.07 Å². The molecular formula is C14H10ClNO. The molecule has 0 aliphatic carbocycles. The van der Waals surface area contributed by atoms with Crippen LogP contribution in [-0.4, -0.2) is 4.98 Å². The summed E-state index contributed by atoms with van der Waals surface area (Å²) in [5, 5.41) is 1.56. The molecule has 3 rings (SSSR count). The first-order valence-electron chi connectivity index (χ1n) is 5.36. The molecule has 0 amide bonds.